The minimum absolute atomic E-state index is 0.403. The van der Waals surface area contributed by atoms with Crippen LogP contribution >= 0.6 is 12.6 Å². The first-order valence-corrected chi connectivity index (χ1v) is 4.55. The van der Waals surface area contributed by atoms with Crippen molar-refractivity contribution < 1.29 is 4.79 Å². The van der Waals surface area contributed by atoms with Gasteiger partial charge in [-0.1, -0.05) is 30.4 Å². The van der Waals surface area contributed by atoms with E-state index in [0.29, 0.717) is 11.3 Å². The van der Waals surface area contributed by atoms with Gasteiger partial charge in [-0.15, -0.1) is 0 Å². The maximum Gasteiger partial charge on any atom is 0.249 e. The van der Waals surface area contributed by atoms with Gasteiger partial charge in [-0.25, -0.2) is 0 Å². The molecule has 1 amide bonds. The first-order valence-electron chi connectivity index (χ1n) is 3.92. The van der Waals surface area contributed by atoms with Gasteiger partial charge in [-0.3, -0.25) is 4.79 Å². The molecule has 0 saturated heterocycles. The SMILES string of the molecule is NC(=O)c1ccccc1C=CCS. The quantitative estimate of drug-likeness (QED) is 0.705. The van der Waals surface area contributed by atoms with Gasteiger partial charge in [0.2, 0.25) is 5.91 Å². The second-order valence-corrected chi connectivity index (χ2v) is 2.90. The highest BCUT2D eigenvalue weighted by atomic mass is 32.1. The molecule has 3 heteroatoms. The lowest BCUT2D eigenvalue weighted by molar-refractivity contribution is 0.1000. The van der Waals surface area contributed by atoms with Gasteiger partial charge in [0.05, 0.1) is 0 Å². The highest BCUT2D eigenvalue weighted by Gasteiger charge is 2.02. The van der Waals surface area contributed by atoms with Crippen LogP contribution in [0.15, 0.2) is 30.3 Å². The van der Waals surface area contributed by atoms with Gasteiger partial charge in [0, 0.05) is 11.3 Å². The number of benzene rings is 1. The molecule has 0 unspecified atom stereocenters. The second-order valence-electron chi connectivity index (χ2n) is 2.54. The van der Waals surface area contributed by atoms with Crippen molar-refractivity contribution in [2.24, 2.45) is 5.73 Å². The summed E-state index contributed by atoms with van der Waals surface area (Å²) in [4.78, 5) is 11.0. The number of primary amides is 1. The first kappa shape index (κ1) is 9.86. The Balaban J connectivity index is 3.05. The summed E-state index contributed by atoms with van der Waals surface area (Å²) >= 11 is 4.03. The largest absolute Gasteiger partial charge is 0.366 e. The van der Waals surface area contributed by atoms with E-state index in [1.807, 2.05) is 24.3 Å². The first-order chi connectivity index (χ1) is 6.25. The van der Waals surface area contributed by atoms with Crippen LogP contribution in [-0.4, -0.2) is 11.7 Å². The molecule has 0 aromatic heterocycles. The van der Waals surface area contributed by atoms with Crippen LogP contribution < -0.4 is 5.73 Å². The molecule has 0 spiro atoms. The third-order valence-corrected chi connectivity index (χ3v) is 1.84. The fraction of sp³-hybridized carbons (Fsp3) is 0.100. The van der Waals surface area contributed by atoms with Crippen LogP contribution in [0.1, 0.15) is 15.9 Å². The van der Waals surface area contributed by atoms with Gasteiger partial charge in [-0.2, -0.15) is 12.6 Å². The zero-order valence-electron chi connectivity index (χ0n) is 7.10. The van der Waals surface area contributed by atoms with E-state index in [2.05, 4.69) is 12.6 Å². The third-order valence-electron chi connectivity index (χ3n) is 1.63. The minimum Gasteiger partial charge on any atom is -0.366 e. The lowest BCUT2D eigenvalue weighted by atomic mass is 10.1. The number of hydrogen-bond acceptors (Lipinski definition) is 2. The van der Waals surface area contributed by atoms with E-state index in [4.69, 9.17) is 5.73 Å². The van der Waals surface area contributed by atoms with Crippen molar-refractivity contribution in [3.05, 3.63) is 41.5 Å². The number of rotatable bonds is 3. The van der Waals surface area contributed by atoms with E-state index in [9.17, 15) is 4.79 Å². The van der Waals surface area contributed by atoms with Crippen LogP contribution in [0, 0.1) is 0 Å². The molecule has 2 nitrogen and oxygen atoms in total. The van der Waals surface area contributed by atoms with E-state index in [1.165, 1.54) is 0 Å². The van der Waals surface area contributed by atoms with Gasteiger partial charge in [0.15, 0.2) is 0 Å². The van der Waals surface area contributed by atoms with Crippen molar-refractivity contribution in [3.63, 3.8) is 0 Å². The smallest absolute Gasteiger partial charge is 0.249 e. The molecule has 0 saturated carbocycles. The minimum atomic E-state index is -0.403. The van der Waals surface area contributed by atoms with Crippen molar-refractivity contribution >= 4 is 24.6 Å². The number of carbonyl (C=O) groups is 1. The summed E-state index contributed by atoms with van der Waals surface area (Å²) in [6, 6.07) is 7.21. The second kappa shape index (κ2) is 4.72. The van der Waals surface area contributed by atoms with Crippen LogP contribution in [0.3, 0.4) is 0 Å². The summed E-state index contributed by atoms with van der Waals surface area (Å²) in [6.07, 6.45) is 3.71. The van der Waals surface area contributed by atoms with E-state index >= 15 is 0 Å². The van der Waals surface area contributed by atoms with Crippen molar-refractivity contribution in [1.82, 2.24) is 0 Å². The summed E-state index contributed by atoms with van der Waals surface area (Å²) in [5, 5.41) is 0. The van der Waals surface area contributed by atoms with Gasteiger partial charge in [-0.05, 0) is 11.6 Å². The molecule has 2 N–H and O–H groups in total. The Morgan fingerprint density at radius 2 is 2.15 bits per heavy atom. The normalized spacial score (nSPS) is 10.5. The monoisotopic (exact) mass is 193 g/mol. The van der Waals surface area contributed by atoms with Crippen LogP contribution in [0.2, 0.25) is 0 Å². The zero-order valence-corrected chi connectivity index (χ0v) is 8.00. The predicted octanol–water partition coefficient (Wildman–Crippen LogP) is 1.73. The predicted molar refractivity (Wildman–Crippen MR) is 57.8 cm³/mol. The van der Waals surface area contributed by atoms with Crippen LogP contribution in [0.4, 0.5) is 0 Å². The molecule has 68 valence electrons. The average Bonchev–Trinajstić information content (AvgIpc) is 2.15. The third kappa shape index (κ3) is 2.63. The molecule has 13 heavy (non-hydrogen) atoms. The fourth-order valence-corrected chi connectivity index (χ4v) is 1.15. The molecule has 0 heterocycles. The Kier molecular flexibility index (Phi) is 3.58. The Bertz CT molecular complexity index is 333. The maximum atomic E-state index is 11.0. The molecular weight excluding hydrogens is 182 g/mol. The molecule has 0 aliphatic rings. The molecule has 0 bridgehead atoms. The van der Waals surface area contributed by atoms with Gasteiger partial charge in [0.25, 0.3) is 0 Å². The molecule has 0 aliphatic carbocycles. The molecular formula is C10H11NOS. The molecule has 0 atom stereocenters. The van der Waals surface area contributed by atoms with E-state index in [1.54, 1.807) is 12.1 Å². The Morgan fingerprint density at radius 1 is 1.46 bits per heavy atom. The molecule has 0 radical (unpaired) electrons. The Hall–Kier alpha value is -1.22. The zero-order chi connectivity index (χ0) is 9.68. The summed E-state index contributed by atoms with van der Waals surface area (Å²) in [7, 11) is 0. The van der Waals surface area contributed by atoms with Crippen molar-refractivity contribution in [1.29, 1.82) is 0 Å². The number of hydrogen-bond donors (Lipinski definition) is 2. The lowest BCUT2D eigenvalue weighted by Crippen LogP contribution is -2.12. The van der Waals surface area contributed by atoms with Crippen molar-refractivity contribution in [2.75, 3.05) is 5.75 Å². The van der Waals surface area contributed by atoms with Gasteiger partial charge < -0.3 is 5.73 Å². The lowest BCUT2D eigenvalue weighted by Gasteiger charge is -1.99. The summed E-state index contributed by atoms with van der Waals surface area (Å²) in [6.45, 7) is 0. The molecule has 1 aromatic carbocycles. The number of amides is 1. The van der Waals surface area contributed by atoms with E-state index < -0.39 is 5.91 Å². The van der Waals surface area contributed by atoms with Crippen LogP contribution in [0.25, 0.3) is 6.08 Å². The van der Waals surface area contributed by atoms with E-state index in [0.717, 1.165) is 5.56 Å². The summed E-state index contributed by atoms with van der Waals surface area (Å²) in [5.41, 5.74) is 6.57. The average molecular weight is 193 g/mol. The number of carbonyl (C=O) groups excluding carboxylic acids is 1. The highest BCUT2D eigenvalue weighted by molar-refractivity contribution is 7.80. The Labute approximate surface area is 82.9 Å². The fourth-order valence-electron chi connectivity index (χ4n) is 1.05. The molecule has 1 rings (SSSR count). The number of thiol groups is 1. The van der Waals surface area contributed by atoms with Crippen LogP contribution in [0.5, 0.6) is 0 Å². The molecule has 1 aromatic rings. The standard InChI is InChI=1S/C10H11NOS/c11-10(12)9-6-2-1-4-8(9)5-3-7-13/h1-6,13H,7H2,(H2,11,12). The Morgan fingerprint density at radius 3 is 2.77 bits per heavy atom. The van der Waals surface area contributed by atoms with Gasteiger partial charge >= 0.3 is 0 Å². The summed E-state index contributed by atoms with van der Waals surface area (Å²) in [5.74, 6) is 0.243. The van der Waals surface area contributed by atoms with Crippen LogP contribution in [-0.2, 0) is 0 Å². The van der Waals surface area contributed by atoms with Crippen molar-refractivity contribution in [2.45, 2.75) is 0 Å². The maximum absolute atomic E-state index is 11.0. The van der Waals surface area contributed by atoms with Gasteiger partial charge in [0.1, 0.15) is 0 Å². The topological polar surface area (TPSA) is 43.1 Å². The van der Waals surface area contributed by atoms with E-state index in [-0.39, 0.29) is 0 Å². The molecule has 0 fully saturated rings. The summed E-state index contributed by atoms with van der Waals surface area (Å²) < 4.78 is 0. The molecule has 0 aliphatic heterocycles. The van der Waals surface area contributed by atoms with Crippen molar-refractivity contribution in [3.8, 4) is 0 Å². The highest BCUT2D eigenvalue weighted by Crippen LogP contribution is 2.09. The number of nitrogens with two attached hydrogens (primary N) is 1.